The molecule has 0 saturated carbocycles. The number of nitrogens with zero attached hydrogens (tertiary/aromatic N) is 3. The maximum absolute atomic E-state index is 11.0. The molecule has 2 aromatic rings. The third kappa shape index (κ3) is 3.71. The Balaban J connectivity index is 1.55. The van der Waals surface area contributed by atoms with E-state index in [0.29, 0.717) is 19.6 Å². The summed E-state index contributed by atoms with van der Waals surface area (Å²) in [6.07, 6.45) is 4.21. The highest BCUT2D eigenvalue weighted by Crippen LogP contribution is 2.29. The van der Waals surface area contributed by atoms with Crippen LogP contribution in [0.3, 0.4) is 0 Å². The Morgan fingerprint density at radius 2 is 2.15 bits per heavy atom. The molecule has 2 aliphatic heterocycles. The van der Waals surface area contributed by atoms with Gasteiger partial charge in [-0.15, -0.1) is 0 Å². The van der Waals surface area contributed by atoms with E-state index in [-0.39, 0.29) is 30.3 Å². The first-order valence-electron chi connectivity index (χ1n) is 8.88. The Morgan fingerprint density at radius 3 is 2.88 bits per heavy atom. The molecule has 0 N–H and O–H groups in total. The summed E-state index contributed by atoms with van der Waals surface area (Å²) >= 11 is 0. The largest absolute Gasteiger partial charge is 0.439 e. The van der Waals surface area contributed by atoms with Gasteiger partial charge in [0.2, 0.25) is 0 Å². The maximum Gasteiger partial charge on any atom is 0.414 e. The molecule has 0 bridgehead atoms. The van der Waals surface area contributed by atoms with Crippen molar-refractivity contribution in [3.63, 3.8) is 0 Å². The lowest BCUT2D eigenvalue weighted by atomic mass is 10.0. The molecular weight excluding hydrogens is 338 g/mol. The van der Waals surface area contributed by atoms with E-state index in [2.05, 4.69) is 4.98 Å². The second kappa shape index (κ2) is 7.43. The van der Waals surface area contributed by atoms with Crippen LogP contribution in [0, 0.1) is 10.1 Å². The molecule has 138 valence electrons. The molecule has 1 fully saturated rings. The van der Waals surface area contributed by atoms with Crippen molar-refractivity contribution in [1.29, 1.82) is 0 Å². The molecule has 3 heterocycles. The molecule has 1 aromatic carbocycles. The summed E-state index contributed by atoms with van der Waals surface area (Å²) in [5.74, 6) is -0.215. The van der Waals surface area contributed by atoms with Gasteiger partial charge >= 0.3 is 11.8 Å². The molecular formula is C18H21N3O5. The normalized spacial score (nSPS) is 25.3. The van der Waals surface area contributed by atoms with E-state index in [1.54, 1.807) is 4.57 Å². The number of aromatic nitrogens is 2. The first-order valence-corrected chi connectivity index (χ1v) is 8.88. The van der Waals surface area contributed by atoms with Gasteiger partial charge < -0.3 is 24.3 Å². The Morgan fingerprint density at radius 1 is 1.31 bits per heavy atom. The van der Waals surface area contributed by atoms with Crippen LogP contribution in [0.1, 0.15) is 24.8 Å². The lowest BCUT2D eigenvalue weighted by Gasteiger charge is -2.34. The van der Waals surface area contributed by atoms with Gasteiger partial charge in [0.1, 0.15) is 18.4 Å². The van der Waals surface area contributed by atoms with Crippen molar-refractivity contribution in [3.8, 4) is 6.01 Å². The van der Waals surface area contributed by atoms with Gasteiger partial charge in [0.05, 0.1) is 6.54 Å². The zero-order valence-electron chi connectivity index (χ0n) is 14.3. The Labute approximate surface area is 150 Å². The average molecular weight is 359 g/mol. The lowest BCUT2D eigenvalue weighted by molar-refractivity contribution is -0.389. The van der Waals surface area contributed by atoms with Crippen LogP contribution < -0.4 is 4.74 Å². The smallest absolute Gasteiger partial charge is 0.414 e. The quantitative estimate of drug-likeness (QED) is 0.602. The van der Waals surface area contributed by atoms with Crippen LogP contribution in [0.5, 0.6) is 6.01 Å². The molecule has 3 atom stereocenters. The van der Waals surface area contributed by atoms with Crippen molar-refractivity contribution in [2.24, 2.45) is 0 Å². The lowest BCUT2D eigenvalue weighted by Crippen LogP contribution is -2.45. The van der Waals surface area contributed by atoms with Crippen molar-refractivity contribution in [2.45, 2.75) is 50.7 Å². The highest BCUT2D eigenvalue weighted by Gasteiger charge is 2.37. The van der Waals surface area contributed by atoms with Crippen molar-refractivity contribution in [1.82, 2.24) is 9.55 Å². The number of ether oxygens (including phenoxy) is 3. The summed E-state index contributed by atoms with van der Waals surface area (Å²) in [4.78, 5) is 14.5. The molecule has 8 nitrogen and oxygen atoms in total. The van der Waals surface area contributed by atoms with Gasteiger partial charge in [0, 0.05) is 18.0 Å². The van der Waals surface area contributed by atoms with Crippen LogP contribution >= 0.6 is 0 Å². The van der Waals surface area contributed by atoms with Crippen LogP contribution in [0.4, 0.5) is 5.82 Å². The summed E-state index contributed by atoms with van der Waals surface area (Å²) in [5.41, 5.74) is 1.12. The number of rotatable bonds is 5. The first kappa shape index (κ1) is 17.0. The third-order valence-corrected chi connectivity index (χ3v) is 4.71. The van der Waals surface area contributed by atoms with E-state index < -0.39 is 4.92 Å². The average Bonchev–Trinajstić information content (AvgIpc) is 3.07. The zero-order valence-corrected chi connectivity index (χ0v) is 14.3. The van der Waals surface area contributed by atoms with E-state index in [1.807, 2.05) is 30.3 Å². The fourth-order valence-corrected chi connectivity index (χ4v) is 3.38. The molecule has 1 saturated heterocycles. The second-order valence-electron chi connectivity index (χ2n) is 6.61. The first-order chi connectivity index (χ1) is 12.7. The van der Waals surface area contributed by atoms with E-state index in [1.165, 1.54) is 6.20 Å². The van der Waals surface area contributed by atoms with Gasteiger partial charge in [0.15, 0.2) is 6.29 Å². The molecule has 0 aliphatic carbocycles. The number of nitro groups is 1. The SMILES string of the molecule is O=[N+]([O-])c1cn2c(n1)O[C@@H](Cc1ccccc1)[C@H](OC1CCCCO1)C2. The highest BCUT2D eigenvalue weighted by molar-refractivity contribution is 5.23. The molecule has 8 heteroatoms. The number of fused-ring (bicyclic) bond motifs is 1. The predicted octanol–water partition coefficient (Wildman–Crippen LogP) is 2.71. The number of hydrogen-bond acceptors (Lipinski definition) is 6. The Kier molecular flexibility index (Phi) is 4.85. The summed E-state index contributed by atoms with van der Waals surface area (Å²) in [6, 6.07) is 10.2. The molecule has 0 spiro atoms. The monoisotopic (exact) mass is 359 g/mol. The number of imidazole rings is 1. The molecule has 1 unspecified atom stereocenters. The molecule has 1 aromatic heterocycles. The fraction of sp³-hybridized carbons (Fsp3) is 0.500. The summed E-state index contributed by atoms with van der Waals surface area (Å²) in [7, 11) is 0. The number of benzene rings is 1. The van der Waals surface area contributed by atoms with Crippen molar-refractivity contribution < 1.29 is 19.1 Å². The molecule has 0 amide bonds. The van der Waals surface area contributed by atoms with E-state index in [4.69, 9.17) is 14.2 Å². The van der Waals surface area contributed by atoms with Crippen molar-refractivity contribution >= 4 is 5.82 Å². The summed E-state index contributed by atoms with van der Waals surface area (Å²) in [5, 5.41) is 11.0. The fourth-order valence-electron chi connectivity index (χ4n) is 3.38. The maximum atomic E-state index is 11.0. The Bertz CT molecular complexity index is 757. The summed E-state index contributed by atoms with van der Waals surface area (Å²) in [6.45, 7) is 1.15. The van der Waals surface area contributed by atoms with Crippen molar-refractivity contribution in [2.75, 3.05) is 6.61 Å². The number of hydrogen-bond donors (Lipinski definition) is 0. The third-order valence-electron chi connectivity index (χ3n) is 4.71. The molecule has 2 aliphatic rings. The molecule has 0 radical (unpaired) electrons. The minimum atomic E-state index is -0.513. The van der Waals surface area contributed by atoms with E-state index >= 15 is 0 Å². The van der Waals surface area contributed by atoms with Gasteiger partial charge in [-0.25, -0.2) is 0 Å². The topological polar surface area (TPSA) is 88.7 Å². The van der Waals surface area contributed by atoms with Gasteiger partial charge in [-0.2, -0.15) is 0 Å². The zero-order chi connectivity index (χ0) is 17.9. The van der Waals surface area contributed by atoms with Crippen LogP contribution in [0.15, 0.2) is 36.5 Å². The predicted molar refractivity (Wildman–Crippen MR) is 91.9 cm³/mol. The van der Waals surface area contributed by atoms with Crippen LogP contribution in [0.2, 0.25) is 0 Å². The molecule has 26 heavy (non-hydrogen) atoms. The van der Waals surface area contributed by atoms with Gasteiger partial charge in [-0.05, 0) is 29.7 Å². The van der Waals surface area contributed by atoms with Crippen molar-refractivity contribution in [3.05, 3.63) is 52.2 Å². The van der Waals surface area contributed by atoms with Crippen LogP contribution in [-0.2, 0) is 22.4 Å². The highest BCUT2D eigenvalue weighted by atomic mass is 16.7. The summed E-state index contributed by atoms with van der Waals surface area (Å²) < 4.78 is 19.5. The van der Waals surface area contributed by atoms with E-state index in [9.17, 15) is 10.1 Å². The van der Waals surface area contributed by atoms with Crippen LogP contribution in [0.25, 0.3) is 0 Å². The second-order valence-corrected chi connectivity index (χ2v) is 6.61. The Hall–Kier alpha value is -2.45. The minimum absolute atomic E-state index is 0.215. The molecule has 4 rings (SSSR count). The van der Waals surface area contributed by atoms with Gasteiger partial charge in [0.25, 0.3) is 0 Å². The van der Waals surface area contributed by atoms with Gasteiger partial charge in [-0.3, -0.25) is 4.57 Å². The standard InChI is InChI=1S/C18H21N3O5/c22-21(23)16-12-20-11-15(25-17-8-4-5-9-24-17)14(26-18(20)19-16)10-13-6-2-1-3-7-13/h1-3,6-7,12,14-15,17H,4-5,8-11H2/t14-,15+,17?/m0/s1. The van der Waals surface area contributed by atoms with E-state index in [0.717, 1.165) is 24.8 Å². The minimum Gasteiger partial charge on any atom is -0.439 e. The van der Waals surface area contributed by atoms with Gasteiger partial charge in [-0.1, -0.05) is 30.3 Å². The van der Waals surface area contributed by atoms with Crippen LogP contribution in [-0.4, -0.2) is 39.6 Å².